The molecule has 1 N–H and O–H groups in total. The van der Waals surface area contributed by atoms with Gasteiger partial charge < -0.3 is 4.98 Å². The molecule has 82 valence electrons. The zero-order valence-corrected chi connectivity index (χ0v) is 10.2. The van der Waals surface area contributed by atoms with Gasteiger partial charge in [0, 0.05) is 5.69 Å². The molecule has 0 aliphatic rings. The fourth-order valence-electron chi connectivity index (χ4n) is 1.80. The molecule has 0 amide bonds. The number of H-pyrrole nitrogens is 1. The molecule has 0 atom stereocenters. The van der Waals surface area contributed by atoms with Crippen LogP contribution >= 0.6 is 12.2 Å². The number of aromatic nitrogens is 2. The highest BCUT2D eigenvalue weighted by molar-refractivity contribution is 7.71. The zero-order valence-electron chi connectivity index (χ0n) is 9.40. The van der Waals surface area contributed by atoms with E-state index < -0.39 is 0 Å². The van der Waals surface area contributed by atoms with Crippen LogP contribution in [0.3, 0.4) is 0 Å². The van der Waals surface area contributed by atoms with Crippen molar-refractivity contribution in [2.45, 2.75) is 13.8 Å². The number of hydrogen-bond donors (Lipinski definition) is 1. The van der Waals surface area contributed by atoms with Gasteiger partial charge >= 0.3 is 0 Å². The van der Waals surface area contributed by atoms with Crippen LogP contribution in [0, 0.1) is 4.77 Å². The molecular weight excluding hydrogens is 216 g/mol. The summed E-state index contributed by atoms with van der Waals surface area (Å²) in [7, 11) is 0. The van der Waals surface area contributed by atoms with Gasteiger partial charge in [-0.25, -0.2) is 0 Å². The van der Waals surface area contributed by atoms with Crippen molar-refractivity contribution in [1.82, 2.24) is 9.55 Å². The highest BCUT2D eigenvalue weighted by Crippen LogP contribution is 2.02. The summed E-state index contributed by atoms with van der Waals surface area (Å²) in [5.74, 6) is 0. The third kappa shape index (κ3) is 1.74. The summed E-state index contributed by atoms with van der Waals surface area (Å²) in [6.45, 7) is 4.02. The van der Waals surface area contributed by atoms with Crippen LogP contribution < -0.4 is 10.7 Å². The number of benzene rings is 1. The lowest BCUT2D eigenvalue weighted by molar-refractivity contribution is 0.997. The van der Waals surface area contributed by atoms with Crippen LogP contribution in [0.15, 0.2) is 30.3 Å². The first-order valence-electron chi connectivity index (χ1n) is 5.27. The summed E-state index contributed by atoms with van der Waals surface area (Å²) in [6.07, 6.45) is 4.10. The SMILES string of the molecule is C/C=c1/[nH]c(=S)n(-c2ccccc2)/c1=C/C. The van der Waals surface area contributed by atoms with Gasteiger partial charge in [-0.2, -0.15) is 0 Å². The van der Waals surface area contributed by atoms with Crippen LogP contribution in [0.1, 0.15) is 13.8 Å². The number of imidazole rings is 1. The molecule has 0 unspecified atom stereocenters. The number of rotatable bonds is 1. The Kier molecular flexibility index (Phi) is 3.06. The van der Waals surface area contributed by atoms with Crippen LogP contribution in [-0.2, 0) is 0 Å². The van der Waals surface area contributed by atoms with Crippen molar-refractivity contribution in [2.75, 3.05) is 0 Å². The number of aromatic amines is 1. The smallest absolute Gasteiger partial charge is 0.182 e. The monoisotopic (exact) mass is 230 g/mol. The van der Waals surface area contributed by atoms with Gasteiger partial charge in [0.15, 0.2) is 4.77 Å². The molecule has 0 saturated carbocycles. The maximum Gasteiger partial charge on any atom is 0.182 e. The molecule has 2 nitrogen and oxygen atoms in total. The lowest BCUT2D eigenvalue weighted by Crippen LogP contribution is -2.28. The Morgan fingerprint density at radius 2 is 1.81 bits per heavy atom. The summed E-state index contributed by atoms with van der Waals surface area (Å²) >= 11 is 5.34. The molecule has 16 heavy (non-hydrogen) atoms. The number of para-hydroxylation sites is 1. The predicted molar refractivity (Wildman–Crippen MR) is 70.5 cm³/mol. The molecule has 0 fully saturated rings. The van der Waals surface area contributed by atoms with Crippen molar-refractivity contribution in [3.63, 3.8) is 0 Å². The van der Waals surface area contributed by atoms with Crippen LogP contribution in [0.4, 0.5) is 0 Å². The van der Waals surface area contributed by atoms with Gasteiger partial charge in [-0.3, -0.25) is 4.57 Å². The first-order valence-corrected chi connectivity index (χ1v) is 5.68. The Morgan fingerprint density at radius 3 is 2.38 bits per heavy atom. The van der Waals surface area contributed by atoms with E-state index in [0.717, 1.165) is 21.2 Å². The van der Waals surface area contributed by atoms with Crippen molar-refractivity contribution < 1.29 is 0 Å². The van der Waals surface area contributed by atoms with E-state index in [2.05, 4.69) is 23.2 Å². The number of nitrogens with one attached hydrogen (secondary N) is 1. The van der Waals surface area contributed by atoms with Crippen molar-refractivity contribution >= 4 is 24.4 Å². The summed E-state index contributed by atoms with van der Waals surface area (Å²) in [4.78, 5) is 3.20. The average molecular weight is 230 g/mol. The van der Waals surface area contributed by atoms with E-state index in [1.807, 2.05) is 42.7 Å². The highest BCUT2D eigenvalue weighted by atomic mass is 32.1. The van der Waals surface area contributed by atoms with Gasteiger partial charge in [0.25, 0.3) is 0 Å². The van der Waals surface area contributed by atoms with Gasteiger partial charge in [-0.15, -0.1) is 0 Å². The van der Waals surface area contributed by atoms with Crippen LogP contribution in [0.2, 0.25) is 0 Å². The van der Waals surface area contributed by atoms with Crippen LogP contribution in [0.5, 0.6) is 0 Å². The van der Waals surface area contributed by atoms with Gasteiger partial charge in [-0.05, 0) is 38.2 Å². The molecule has 2 aromatic rings. The van der Waals surface area contributed by atoms with E-state index in [0.29, 0.717) is 0 Å². The Labute approximate surface area is 99.6 Å². The largest absolute Gasteiger partial charge is 0.331 e. The molecule has 0 saturated heterocycles. The van der Waals surface area contributed by atoms with Crippen molar-refractivity contribution in [3.05, 3.63) is 45.8 Å². The molecule has 2 rings (SSSR count). The van der Waals surface area contributed by atoms with E-state index in [9.17, 15) is 0 Å². The van der Waals surface area contributed by atoms with E-state index in [-0.39, 0.29) is 0 Å². The summed E-state index contributed by atoms with van der Waals surface area (Å²) in [6, 6.07) is 10.1. The van der Waals surface area contributed by atoms with Crippen molar-refractivity contribution in [3.8, 4) is 5.69 Å². The topological polar surface area (TPSA) is 20.7 Å². The molecule has 0 bridgehead atoms. The molecule has 1 aromatic heterocycles. The van der Waals surface area contributed by atoms with Gasteiger partial charge in [0.2, 0.25) is 0 Å². The lowest BCUT2D eigenvalue weighted by atomic mass is 10.3. The molecule has 0 radical (unpaired) electrons. The van der Waals surface area contributed by atoms with Gasteiger partial charge in [0.05, 0.1) is 10.7 Å². The van der Waals surface area contributed by atoms with E-state index in [1.165, 1.54) is 0 Å². The Bertz CT molecular complexity index is 647. The normalized spacial score (nSPS) is 13.4. The minimum Gasteiger partial charge on any atom is -0.331 e. The zero-order chi connectivity index (χ0) is 11.5. The quantitative estimate of drug-likeness (QED) is 0.744. The molecule has 0 spiro atoms. The summed E-state index contributed by atoms with van der Waals surface area (Å²) in [5, 5.41) is 2.18. The fraction of sp³-hybridized carbons (Fsp3) is 0.154. The molecule has 1 aromatic carbocycles. The van der Waals surface area contributed by atoms with Crippen molar-refractivity contribution in [1.29, 1.82) is 0 Å². The molecule has 0 aliphatic carbocycles. The minimum absolute atomic E-state index is 0.729. The maximum atomic E-state index is 5.34. The number of hydrogen-bond acceptors (Lipinski definition) is 1. The summed E-state index contributed by atoms with van der Waals surface area (Å²) in [5.41, 5.74) is 1.09. The van der Waals surface area contributed by atoms with E-state index >= 15 is 0 Å². The first kappa shape index (κ1) is 10.9. The fourth-order valence-corrected chi connectivity index (χ4v) is 2.12. The summed E-state index contributed by atoms with van der Waals surface area (Å²) < 4.78 is 2.78. The second kappa shape index (κ2) is 4.49. The Morgan fingerprint density at radius 1 is 1.12 bits per heavy atom. The van der Waals surface area contributed by atoms with Crippen molar-refractivity contribution in [2.24, 2.45) is 0 Å². The maximum absolute atomic E-state index is 5.34. The standard InChI is InChI=1S/C13H14N2S/c1-3-11-12(4-2)15(13(16)14-11)10-8-6-5-7-9-10/h3-9H,1-2H3,(H,14,16)/b11-3+,12-4+. The molecular formula is C13H14N2S. The second-order valence-electron chi connectivity index (χ2n) is 3.48. The van der Waals surface area contributed by atoms with Crippen LogP contribution in [-0.4, -0.2) is 9.55 Å². The Hall–Kier alpha value is -1.61. The molecule has 0 aliphatic heterocycles. The average Bonchev–Trinajstić information content (AvgIpc) is 2.66. The molecule has 1 heterocycles. The first-order chi connectivity index (χ1) is 7.77. The predicted octanol–water partition coefficient (Wildman–Crippen LogP) is 2.14. The minimum atomic E-state index is 0.729. The van der Waals surface area contributed by atoms with E-state index in [1.54, 1.807) is 0 Å². The third-order valence-corrected chi connectivity index (χ3v) is 2.82. The van der Waals surface area contributed by atoms with E-state index in [4.69, 9.17) is 12.2 Å². The Balaban J connectivity index is 2.87. The van der Waals surface area contributed by atoms with Gasteiger partial charge in [0.1, 0.15) is 0 Å². The number of nitrogens with zero attached hydrogens (tertiary/aromatic N) is 1. The lowest BCUT2D eigenvalue weighted by Gasteiger charge is -2.01. The van der Waals surface area contributed by atoms with Gasteiger partial charge in [-0.1, -0.05) is 30.4 Å². The molecule has 3 heteroatoms. The second-order valence-corrected chi connectivity index (χ2v) is 3.86. The highest BCUT2D eigenvalue weighted by Gasteiger charge is 2.00. The van der Waals surface area contributed by atoms with Crippen LogP contribution in [0.25, 0.3) is 17.8 Å². The third-order valence-electron chi connectivity index (χ3n) is 2.54.